The van der Waals surface area contributed by atoms with Crippen LogP contribution in [0.15, 0.2) is 15.0 Å². The largest absolute Gasteiger partial charge is 0.308 e. The molecule has 0 aromatic rings. The third kappa shape index (κ3) is 23.1. The molecule has 4 nitrogen and oxygen atoms in total. The summed E-state index contributed by atoms with van der Waals surface area (Å²) in [5.41, 5.74) is 0. The number of aliphatic imine (C=N–C) groups is 3. The van der Waals surface area contributed by atoms with Gasteiger partial charge in [-0.15, -0.1) is 0 Å². The van der Waals surface area contributed by atoms with Crippen molar-refractivity contribution in [3.63, 3.8) is 0 Å². The van der Waals surface area contributed by atoms with E-state index in [1.54, 1.807) is 12.4 Å². The van der Waals surface area contributed by atoms with Gasteiger partial charge in [-0.3, -0.25) is 15.0 Å². The highest BCUT2D eigenvalue weighted by Gasteiger charge is 1.82. The van der Waals surface area contributed by atoms with Gasteiger partial charge in [0, 0.05) is 6.54 Å². The first-order valence-electron chi connectivity index (χ1n) is 5.67. The van der Waals surface area contributed by atoms with E-state index in [0.29, 0.717) is 0 Å². The molecule has 94 valence electrons. The van der Waals surface area contributed by atoms with E-state index in [1.165, 1.54) is 0 Å². The number of hydrogen-bond acceptors (Lipinski definition) is 4. The molecule has 0 aliphatic carbocycles. The number of nitrogens with zero attached hydrogens (tertiary/aromatic N) is 4. The Morgan fingerprint density at radius 1 is 0.750 bits per heavy atom. The highest BCUT2D eigenvalue weighted by Crippen LogP contribution is 1.73. The quantitative estimate of drug-likeness (QED) is 0.503. The number of rotatable bonds is 6. The minimum Gasteiger partial charge on any atom is -0.308 e. The third-order valence-electron chi connectivity index (χ3n) is 1.58. The summed E-state index contributed by atoms with van der Waals surface area (Å²) in [6.45, 7) is 9.37. The molecule has 0 atom stereocenters. The molecule has 0 spiro atoms. The van der Waals surface area contributed by atoms with E-state index < -0.39 is 0 Å². The molecule has 0 aliphatic heterocycles. The van der Waals surface area contributed by atoms with Gasteiger partial charge >= 0.3 is 0 Å². The van der Waals surface area contributed by atoms with Gasteiger partial charge in [-0.2, -0.15) is 0 Å². The maximum atomic E-state index is 4.05. The summed E-state index contributed by atoms with van der Waals surface area (Å²) in [6.07, 6.45) is 5.43. The molecule has 0 saturated carbocycles. The van der Waals surface area contributed by atoms with Gasteiger partial charge in [0.25, 0.3) is 0 Å². The zero-order valence-electron chi connectivity index (χ0n) is 11.3. The molecule has 0 bridgehead atoms. The summed E-state index contributed by atoms with van der Waals surface area (Å²) in [5, 5.41) is 0. The minimum absolute atomic E-state index is 0.820. The first-order chi connectivity index (χ1) is 7.68. The zero-order chi connectivity index (χ0) is 12.6. The van der Waals surface area contributed by atoms with Gasteiger partial charge in [-0.25, -0.2) is 0 Å². The molecule has 16 heavy (non-hydrogen) atoms. The van der Waals surface area contributed by atoms with Gasteiger partial charge in [0.15, 0.2) is 0 Å². The van der Waals surface area contributed by atoms with Crippen LogP contribution in [0.1, 0.15) is 20.8 Å². The molecule has 0 radical (unpaired) electrons. The molecular formula is C12H26N4. The zero-order valence-corrected chi connectivity index (χ0v) is 11.3. The Morgan fingerprint density at radius 3 is 1.44 bits per heavy atom. The van der Waals surface area contributed by atoms with E-state index >= 15 is 0 Å². The predicted molar refractivity (Wildman–Crippen MR) is 75.7 cm³/mol. The predicted octanol–water partition coefficient (Wildman–Crippen LogP) is 1.81. The number of hydrogen-bond donors (Lipinski definition) is 0. The fraction of sp³-hybridized carbons (Fsp3) is 0.750. The van der Waals surface area contributed by atoms with Crippen molar-refractivity contribution in [3.05, 3.63) is 0 Å². The molecule has 0 rings (SSSR count). The van der Waals surface area contributed by atoms with E-state index in [2.05, 4.69) is 19.9 Å². The van der Waals surface area contributed by atoms with Crippen LogP contribution in [-0.2, 0) is 0 Å². The van der Waals surface area contributed by atoms with Crippen LogP contribution in [0.25, 0.3) is 0 Å². The van der Waals surface area contributed by atoms with Crippen LogP contribution in [0.5, 0.6) is 0 Å². The lowest BCUT2D eigenvalue weighted by Crippen LogP contribution is -2.15. The molecule has 0 unspecified atom stereocenters. The summed E-state index contributed by atoms with van der Waals surface area (Å²) < 4.78 is 0. The molecule has 0 aliphatic rings. The van der Waals surface area contributed by atoms with Crippen molar-refractivity contribution in [1.82, 2.24) is 4.90 Å². The molecule has 0 heterocycles. The minimum atomic E-state index is 0.820. The summed E-state index contributed by atoms with van der Waals surface area (Å²) >= 11 is 0. The highest BCUT2D eigenvalue weighted by molar-refractivity contribution is 5.54. The van der Waals surface area contributed by atoms with Gasteiger partial charge in [-0.05, 0) is 53.5 Å². The van der Waals surface area contributed by atoms with Crippen molar-refractivity contribution >= 4 is 18.6 Å². The lowest BCUT2D eigenvalue weighted by atomic mass is 10.6. The number of likely N-dealkylation sites (N-methyl/N-ethyl adjacent to an activating group) is 1. The average Bonchev–Trinajstić information content (AvgIpc) is 2.25. The summed E-state index contributed by atoms with van der Waals surface area (Å²) in [5.74, 6) is 0. The van der Waals surface area contributed by atoms with Crippen molar-refractivity contribution in [2.45, 2.75) is 20.8 Å². The molecule has 0 aromatic heterocycles. The monoisotopic (exact) mass is 226 g/mol. The normalized spacial score (nSPS) is 11.6. The molecule has 0 N–H and O–H groups in total. The van der Waals surface area contributed by atoms with E-state index in [1.807, 2.05) is 41.1 Å². The Kier molecular flexibility index (Phi) is 17.8. The topological polar surface area (TPSA) is 40.3 Å². The van der Waals surface area contributed by atoms with Crippen LogP contribution in [0.4, 0.5) is 0 Å². The van der Waals surface area contributed by atoms with Gasteiger partial charge in [-0.1, -0.05) is 0 Å². The molecule has 0 fully saturated rings. The first-order valence-corrected chi connectivity index (χ1v) is 5.67. The van der Waals surface area contributed by atoms with E-state index in [-0.39, 0.29) is 0 Å². The Balaban J connectivity index is 0. The van der Waals surface area contributed by atoms with Crippen LogP contribution in [0.2, 0.25) is 0 Å². The van der Waals surface area contributed by atoms with Gasteiger partial charge < -0.3 is 4.90 Å². The molecular weight excluding hydrogens is 200 g/mol. The Bertz CT molecular complexity index is 183. The van der Waals surface area contributed by atoms with Crippen LogP contribution in [0.3, 0.4) is 0 Å². The Labute approximate surface area is 100 Å². The maximum absolute atomic E-state index is 4.05. The van der Waals surface area contributed by atoms with Crippen molar-refractivity contribution in [2.24, 2.45) is 15.0 Å². The molecule has 0 amide bonds. The second-order valence-corrected chi connectivity index (χ2v) is 3.30. The van der Waals surface area contributed by atoms with Crippen LogP contribution in [0, 0.1) is 0 Å². The lowest BCUT2D eigenvalue weighted by Gasteiger charge is -2.04. The van der Waals surface area contributed by atoms with Gasteiger partial charge in [0.05, 0.1) is 19.6 Å². The van der Waals surface area contributed by atoms with Gasteiger partial charge in [0.1, 0.15) is 0 Å². The van der Waals surface area contributed by atoms with Crippen LogP contribution < -0.4 is 0 Å². The summed E-state index contributed by atoms with van der Waals surface area (Å²) in [4.78, 5) is 14.1. The van der Waals surface area contributed by atoms with Crippen LogP contribution >= 0.6 is 0 Å². The fourth-order valence-corrected chi connectivity index (χ4v) is 0.761. The standard InChI is InChI=1S/C6H14N2.C6H12N2/c1-4-7-5-6-8(2)3;1-3-7-5-6-8-4-2/h4H,5-6H2,1-3H3;3-4H,5-6H2,1-2H3. The molecule has 0 saturated heterocycles. The third-order valence-corrected chi connectivity index (χ3v) is 1.58. The summed E-state index contributed by atoms with van der Waals surface area (Å²) in [6, 6.07) is 0. The Hall–Kier alpha value is -1.03. The van der Waals surface area contributed by atoms with E-state index in [4.69, 9.17) is 0 Å². The van der Waals surface area contributed by atoms with Crippen molar-refractivity contribution in [2.75, 3.05) is 40.3 Å². The fourth-order valence-electron chi connectivity index (χ4n) is 0.761. The smallest absolute Gasteiger partial charge is 0.0581 e. The van der Waals surface area contributed by atoms with Crippen molar-refractivity contribution in [1.29, 1.82) is 0 Å². The van der Waals surface area contributed by atoms with E-state index in [0.717, 1.165) is 26.2 Å². The Morgan fingerprint density at radius 2 is 1.12 bits per heavy atom. The van der Waals surface area contributed by atoms with E-state index in [9.17, 15) is 0 Å². The van der Waals surface area contributed by atoms with Crippen molar-refractivity contribution < 1.29 is 0 Å². The molecule has 4 heteroatoms. The van der Waals surface area contributed by atoms with Gasteiger partial charge in [0.2, 0.25) is 0 Å². The average molecular weight is 226 g/mol. The maximum Gasteiger partial charge on any atom is 0.0581 e. The lowest BCUT2D eigenvalue weighted by molar-refractivity contribution is 0.421. The van der Waals surface area contributed by atoms with Crippen molar-refractivity contribution in [3.8, 4) is 0 Å². The second kappa shape index (κ2) is 16.4. The first kappa shape index (κ1) is 17.4. The summed E-state index contributed by atoms with van der Waals surface area (Å²) in [7, 11) is 4.09. The van der Waals surface area contributed by atoms with Crippen LogP contribution in [-0.4, -0.2) is 63.8 Å². The molecule has 0 aromatic carbocycles. The second-order valence-electron chi connectivity index (χ2n) is 3.30. The highest BCUT2D eigenvalue weighted by atomic mass is 15.1. The SMILES string of the molecule is CC=NCCN(C)C.CC=NCCN=CC.